The maximum absolute atomic E-state index is 13.0. The first-order chi connectivity index (χ1) is 15.9. The number of nitrogens with zero attached hydrogens (tertiary/aromatic N) is 2. The van der Waals surface area contributed by atoms with Crippen LogP contribution in [0.3, 0.4) is 0 Å². The van der Waals surface area contributed by atoms with E-state index in [0.29, 0.717) is 22.4 Å². The molecule has 9 heteroatoms. The van der Waals surface area contributed by atoms with E-state index < -0.39 is 16.1 Å². The summed E-state index contributed by atoms with van der Waals surface area (Å²) in [5.41, 5.74) is 2.99. The van der Waals surface area contributed by atoms with Crippen molar-refractivity contribution in [2.75, 3.05) is 0 Å². The molecule has 0 radical (unpaired) electrons. The average molecular weight is 500 g/mol. The highest BCUT2D eigenvalue weighted by Gasteiger charge is 2.26. The lowest BCUT2D eigenvalue weighted by atomic mass is 10.1. The first-order valence-electron chi connectivity index (χ1n) is 10.2. The lowest BCUT2D eigenvalue weighted by Gasteiger charge is -2.16. The molecule has 3 aromatic carbocycles. The average Bonchev–Trinajstić information content (AvgIpc) is 3.28. The number of hydrogen-bond acceptors (Lipinski definition) is 6. The molecule has 1 aromatic heterocycles. The van der Waals surface area contributed by atoms with Crippen molar-refractivity contribution in [1.82, 2.24) is 14.9 Å². The van der Waals surface area contributed by atoms with Gasteiger partial charge in [-0.3, -0.25) is 0 Å². The Hall–Kier alpha value is -2.65. The van der Waals surface area contributed by atoms with Crippen LogP contribution in [0.4, 0.5) is 0 Å². The number of aryl methyl sites for hydroxylation is 1. The summed E-state index contributed by atoms with van der Waals surface area (Å²) >= 11 is 7.31. The molecule has 0 aliphatic heterocycles. The Balaban J connectivity index is 1.54. The van der Waals surface area contributed by atoms with E-state index in [1.165, 1.54) is 11.8 Å². The summed E-state index contributed by atoms with van der Waals surface area (Å²) < 4.78 is 34.7. The fourth-order valence-corrected chi connectivity index (χ4v) is 5.19. The number of aromatic nitrogens is 2. The highest BCUT2D eigenvalue weighted by molar-refractivity contribution is 7.98. The summed E-state index contributed by atoms with van der Waals surface area (Å²) in [7, 11) is -3.79. The maximum Gasteiger partial charge on any atom is 0.276 e. The van der Waals surface area contributed by atoms with Gasteiger partial charge in [0.2, 0.25) is 15.9 Å². The fourth-order valence-electron chi connectivity index (χ4n) is 3.15. The van der Waals surface area contributed by atoms with Crippen LogP contribution in [0.2, 0.25) is 5.02 Å². The van der Waals surface area contributed by atoms with Gasteiger partial charge in [-0.05, 0) is 48.7 Å². The van der Waals surface area contributed by atoms with E-state index in [-0.39, 0.29) is 10.8 Å². The van der Waals surface area contributed by atoms with Gasteiger partial charge in [0.1, 0.15) is 6.04 Å². The van der Waals surface area contributed by atoms with Gasteiger partial charge in [-0.2, -0.15) is 4.72 Å². The Labute approximate surface area is 202 Å². The van der Waals surface area contributed by atoms with Gasteiger partial charge in [-0.15, -0.1) is 10.2 Å². The van der Waals surface area contributed by atoms with Crippen molar-refractivity contribution in [3.8, 4) is 0 Å². The molecule has 1 heterocycles. The Morgan fingerprint density at radius 2 is 1.64 bits per heavy atom. The minimum Gasteiger partial charge on any atom is -0.414 e. The SMILES string of the molecule is Cc1ccc(S(=O)(=O)NC(Cc2ccccc2)c2nnc(SCc3ccc(Cl)cc3)o2)cc1. The van der Waals surface area contributed by atoms with E-state index in [1.807, 2.05) is 61.5 Å². The van der Waals surface area contributed by atoms with Crippen LogP contribution in [-0.2, 0) is 22.2 Å². The van der Waals surface area contributed by atoms with Crippen molar-refractivity contribution in [2.45, 2.75) is 35.3 Å². The molecular formula is C24H22ClN3O3S2. The topological polar surface area (TPSA) is 85.1 Å². The molecule has 0 spiro atoms. The molecular weight excluding hydrogens is 478 g/mol. The summed E-state index contributed by atoms with van der Waals surface area (Å²) in [5.74, 6) is 0.838. The molecule has 0 amide bonds. The Kier molecular flexibility index (Phi) is 7.49. The van der Waals surface area contributed by atoms with Crippen LogP contribution < -0.4 is 4.72 Å². The zero-order valence-corrected chi connectivity index (χ0v) is 20.2. The van der Waals surface area contributed by atoms with E-state index in [9.17, 15) is 8.42 Å². The molecule has 0 saturated heterocycles. The van der Waals surface area contributed by atoms with Gasteiger partial charge < -0.3 is 4.42 Å². The van der Waals surface area contributed by atoms with Crippen molar-refractivity contribution < 1.29 is 12.8 Å². The van der Waals surface area contributed by atoms with E-state index in [2.05, 4.69) is 14.9 Å². The second-order valence-electron chi connectivity index (χ2n) is 7.50. The standard InChI is InChI=1S/C24H22ClN3O3S2/c1-17-7-13-21(14-8-17)33(29,30)28-22(15-18-5-3-2-4-6-18)23-26-27-24(31-23)32-16-19-9-11-20(25)12-10-19/h2-14,22,28H,15-16H2,1H3. The first-order valence-corrected chi connectivity index (χ1v) is 13.1. The minimum atomic E-state index is -3.79. The quantitative estimate of drug-likeness (QED) is 0.302. The van der Waals surface area contributed by atoms with Gasteiger partial charge in [0.15, 0.2) is 0 Å². The van der Waals surface area contributed by atoms with Crippen LogP contribution in [-0.4, -0.2) is 18.6 Å². The molecule has 4 aromatic rings. The van der Waals surface area contributed by atoms with E-state index >= 15 is 0 Å². The highest BCUT2D eigenvalue weighted by atomic mass is 35.5. The number of nitrogens with one attached hydrogen (secondary N) is 1. The van der Waals surface area contributed by atoms with Crippen LogP contribution in [0, 0.1) is 6.92 Å². The zero-order valence-electron chi connectivity index (χ0n) is 17.8. The van der Waals surface area contributed by atoms with Crippen LogP contribution in [0.25, 0.3) is 0 Å². The number of rotatable bonds is 9. The van der Waals surface area contributed by atoms with Crippen LogP contribution in [0.5, 0.6) is 0 Å². The predicted octanol–water partition coefficient (Wildman–Crippen LogP) is 5.59. The van der Waals surface area contributed by atoms with Crippen LogP contribution >= 0.6 is 23.4 Å². The number of thioether (sulfide) groups is 1. The third-order valence-corrected chi connectivity index (χ3v) is 7.54. The molecule has 0 saturated carbocycles. The Morgan fingerprint density at radius 1 is 0.939 bits per heavy atom. The summed E-state index contributed by atoms with van der Waals surface area (Å²) in [5, 5.41) is 9.30. The van der Waals surface area contributed by atoms with Crippen LogP contribution in [0.1, 0.15) is 28.6 Å². The monoisotopic (exact) mass is 499 g/mol. The minimum absolute atomic E-state index is 0.183. The summed E-state index contributed by atoms with van der Waals surface area (Å²) in [6.45, 7) is 1.91. The van der Waals surface area contributed by atoms with Crippen molar-refractivity contribution in [1.29, 1.82) is 0 Å². The highest BCUT2D eigenvalue weighted by Crippen LogP contribution is 2.26. The lowest BCUT2D eigenvalue weighted by Crippen LogP contribution is -2.30. The smallest absolute Gasteiger partial charge is 0.276 e. The van der Waals surface area contributed by atoms with Crippen molar-refractivity contribution in [3.05, 3.63) is 106 Å². The van der Waals surface area contributed by atoms with Gasteiger partial charge in [0, 0.05) is 10.8 Å². The molecule has 4 rings (SSSR count). The van der Waals surface area contributed by atoms with Gasteiger partial charge in [-0.25, -0.2) is 8.42 Å². The Morgan fingerprint density at radius 3 is 2.33 bits per heavy atom. The van der Waals surface area contributed by atoms with Crippen molar-refractivity contribution in [3.63, 3.8) is 0 Å². The molecule has 170 valence electrons. The summed E-state index contributed by atoms with van der Waals surface area (Å²) in [6, 6.07) is 23.1. The number of halogens is 1. The maximum atomic E-state index is 13.0. The van der Waals surface area contributed by atoms with E-state index in [0.717, 1.165) is 16.7 Å². The van der Waals surface area contributed by atoms with Gasteiger partial charge >= 0.3 is 0 Å². The predicted molar refractivity (Wildman–Crippen MR) is 130 cm³/mol. The normalized spacial score (nSPS) is 12.5. The zero-order chi connectivity index (χ0) is 23.3. The van der Waals surface area contributed by atoms with Gasteiger partial charge in [0.25, 0.3) is 5.22 Å². The lowest BCUT2D eigenvalue weighted by molar-refractivity contribution is 0.373. The van der Waals surface area contributed by atoms with Gasteiger partial charge in [-0.1, -0.05) is 83.5 Å². The molecule has 0 aliphatic rings. The van der Waals surface area contributed by atoms with Crippen molar-refractivity contribution in [2.24, 2.45) is 0 Å². The molecule has 1 unspecified atom stereocenters. The molecule has 1 N–H and O–H groups in total. The summed E-state index contributed by atoms with van der Waals surface area (Å²) in [6.07, 6.45) is 0.370. The first kappa shape index (κ1) is 23.5. The molecule has 0 bridgehead atoms. The number of hydrogen-bond donors (Lipinski definition) is 1. The largest absolute Gasteiger partial charge is 0.414 e. The Bertz CT molecular complexity index is 1290. The van der Waals surface area contributed by atoms with E-state index in [1.54, 1.807) is 24.3 Å². The number of benzene rings is 3. The third-order valence-electron chi connectivity index (χ3n) is 4.91. The summed E-state index contributed by atoms with van der Waals surface area (Å²) in [4.78, 5) is 0.183. The van der Waals surface area contributed by atoms with Crippen LogP contribution in [0.15, 0.2) is 93.4 Å². The van der Waals surface area contributed by atoms with E-state index in [4.69, 9.17) is 16.0 Å². The molecule has 6 nitrogen and oxygen atoms in total. The van der Waals surface area contributed by atoms with Crippen molar-refractivity contribution >= 4 is 33.4 Å². The fraction of sp³-hybridized carbons (Fsp3) is 0.167. The molecule has 1 atom stereocenters. The second kappa shape index (κ2) is 10.5. The third kappa shape index (κ3) is 6.45. The molecule has 33 heavy (non-hydrogen) atoms. The number of sulfonamides is 1. The molecule has 0 aliphatic carbocycles. The molecule has 0 fully saturated rings. The van der Waals surface area contributed by atoms with Gasteiger partial charge in [0.05, 0.1) is 4.90 Å². The second-order valence-corrected chi connectivity index (χ2v) is 10.6.